The predicted octanol–water partition coefficient (Wildman–Crippen LogP) is 4.63. The zero-order chi connectivity index (χ0) is 25.2. The zero-order valence-electron chi connectivity index (χ0n) is 20.5. The van der Waals surface area contributed by atoms with Crippen LogP contribution in [0.25, 0.3) is 22.5 Å². The van der Waals surface area contributed by atoms with Crippen LogP contribution in [0.15, 0.2) is 53.3 Å². The molecule has 36 heavy (non-hydrogen) atoms. The highest BCUT2D eigenvalue weighted by atomic mass is 32.1. The third-order valence-electron chi connectivity index (χ3n) is 6.54. The van der Waals surface area contributed by atoms with E-state index in [1.807, 2.05) is 0 Å². The Balaban J connectivity index is 1.46. The Hall–Kier alpha value is -3.49. The number of fused-ring (bicyclic) bond motifs is 1. The number of rotatable bonds is 7. The summed E-state index contributed by atoms with van der Waals surface area (Å²) < 4.78 is 0. The van der Waals surface area contributed by atoms with Gasteiger partial charge in [0, 0.05) is 30.6 Å². The van der Waals surface area contributed by atoms with Crippen molar-refractivity contribution in [2.24, 2.45) is 0 Å². The maximum atomic E-state index is 11.4. The quantitative estimate of drug-likeness (QED) is 0.319. The molecule has 186 valence electrons. The molecule has 2 aromatic heterocycles. The molecule has 1 atom stereocenters. The Kier molecular flexibility index (Phi) is 6.89. The molecule has 3 N–H and O–H groups in total. The van der Waals surface area contributed by atoms with Gasteiger partial charge in [0.15, 0.2) is 5.82 Å². The number of hydrogen-bond donors (Lipinski definition) is 3. The number of H-pyrrole nitrogens is 1. The molecule has 1 aliphatic heterocycles. The Bertz CT molecular complexity index is 1410. The van der Waals surface area contributed by atoms with Gasteiger partial charge in [0.25, 0.3) is 0 Å². The van der Waals surface area contributed by atoms with Crippen LogP contribution in [-0.2, 0) is 12.8 Å². The van der Waals surface area contributed by atoms with E-state index in [1.54, 1.807) is 0 Å². The maximum absolute atomic E-state index is 11.4. The summed E-state index contributed by atoms with van der Waals surface area (Å²) in [6.07, 6.45) is 2.23. The molecule has 0 fully saturated rings. The highest BCUT2D eigenvalue weighted by molar-refractivity contribution is 7.09. The van der Waals surface area contributed by atoms with Gasteiger partial charge >= 0.3 is 4.87 Å². The van der Waals surface area contributed by atoms with E-state index in [0.717, 1.165) is 58.2 Å². The molecule has 0 saturated carbocycles. The summed E-state index contributed by atoms with van der Waals surface area (Å²) in [7, 11) is 0. The number of aryl methyl sites for hydroxylation is 3. The fraction of sp³-hybridized carbons (Fsp3) is 0.321. The number of nitrogens with zero attached hydrogens (tertiary/aromatic N) is 3. The number of aromatic nitrogens is 3. The highest BCUT2D eigenvalue weighted by Gasteiger charge is 2.28. The number of aliphatic hydroxyl groups is 1. The van der Waals surface area contributed by atoms with Crippen molar-refractivity contribution in [3.8, 4) is 28.4 Å². The summed E-state index contributed by atoms with van der Waals surface area (Å²) in [5.41, 5.74) is 6.85. The fourth-order valence-corrected chi connectivity index (χ4v) is 5.38. The summed E-state index contributed by atoms with van der Waals surface area (Å²) in [6, 6.07) is 16.6. The van der Waals surface area contributed by atoms with Gasteiger partial charge in [-0.15, -0.1) is 0 Å². The van der Waals surface area contributed by atoms with Gasteiger partial charge in [-0.3, -0.25) is 9.78 Å². The molecule has 3 heterocycles. The van der Waals surface area contributed by atoms with Gasteiger partial charge < -0.3 is 15.1 Å². The Morgan fingerprint density at radius 3 is 2.17 bits per heavy atom. The third-order valence-corrected chi connectivity index (χ3v) is 7.47. The second kappa shape index (κ2) is 10.2. The average molecular weight is 503 g/mol. The number of thiazole rings is 1. The highest BCUT2D eigenvalue weighted by Crippen LogP contribution is 2.35. The average Bonchev–Trinajstić information content (AvgIpc) is 3.18. The number of nitrogens with one attached hydrogen (secondary N) is 1. The lowest BCUT2D eigenvalue weighted by Gasteiger charge is -2.33. The van der Waals surface area contributed by atoms with Gasteiger partial charge in [-0.2, -0.15) is 0 Å². The van der Waals surface area contributed by atoms with Gasteiger partial charge in [0.1, 0.15) is 0 Å². The van der Waals surface area contributed by atoms with E-state index < -0.39 is 6.10 Å². The molecule has 0 aliphatic carbocycles. The molecular weight excluding hydrogens is 472 g/mol. The first kappa shape index (κ1) is 24.2. The molecule has 0 spiro atoms. The summed E-state index contributed by atoms with van der Waals surface area (Å²) in [5, 5.41) is 20.5. The molecule has 2 aromatic carbocycles. The van der Waals surface area contributed by atoms with Gasteiger partial charge in [0.2, 0.25) is 5.88 Å². The number of aromatic amines is 1. The molecule has 1 unspecified atom stereocenters. The van der Waals surface area contributed by atoms with Crippen LogP contribution in [0.1, 0.15) is 34.5 Å². The van der Waals surface area contributed by atoms with E-state index in [-0.39, 0.29) is 10.8 Å². The van der Waals surface area contributed by atoms with Crippen molar-refractivity contribution < 1.29 is 10.2 Å². The minimum absolute atomic E-state index is 0.0269. The number of anilines is 1. The second-order valence-electron chi connectivity index (χ2n) is 9.47. The maximum Gasteiger partial charge on any atom is 0.307 e. The van der Waals surface area contributed by atoms with Gasteiger partial charge in [-0.1, -0.05) is 71.0 Å². The van der Waals surface area contributed by atoms with E-state index in [0.29, 0.717) is 30.8 Å². The molecule has 0 bridgehead atoms. The lowest BCUT2D eigenvalue weighted by molar-refractivity contribution is 0.173. The first-order chi connectivity index (χ1) is 17.4. The fourth-order valence-electron chi connectivity index (χ4n) is 4.61. The Morgan fingerprint density at radius 1 is 0.972 bits per heavy atom. The number of benzene rings is 2. The SMILES string of the molecule is Cc1ccc(-c2nc3c(nc2-c2ccc(C)cc2)N(CCCCc2sc(=O)[nH]c2O)CC(O)C3)cc1. The Morgan fingerprint density at radius 2 is 1.58 bits per heavy atom. The van der Waals surface area contributed by atoms with Crippen molar-refractivity contribution in [3.05, 3.63) is 79.9 Å². The van der Waals surface area contributed by atoms with Crippen LogP contribution in [0.4, 0.5) is 5.82 Å². The smallest absolute Gasteiger partial charge is 0.307 e. The molecule has 8 heteroatoms. The Labute approximate surface area is 214 Å². The molecule has 0 radical (unpaired) electrons. The third kappa shape index (κ3) is 5.20. The van der Waals surface area contributed by atoms with E-state index in [9.17, 15) is 15.0 Å². The van der Waals surface area contributed by atoms with Crippen molar-refractivity contribution in [1.82, 2.24) is 15.0 Å². The van der Waals surface area contributed by atoms with E-state index in [4.69, 9.17) is 9.97 Å². The summed E-state index contributed by atoms with van der Waals surface area (Å²) in [4.78, 5) is 26.6. The van der Waals surface area contributed by atoms with Crippen molar-refractivity contribution in [1.29, 1.82) is 0 Å². The molecule has 7 nitrogen and oxygen atoms in total. The summed E-state index contributed by atoms with van der Waals surface area (Å²) >= 11 is 1.05. The van der Waals surface area contributed by atoms with Crippen molar-refractivity contribution in [3.63, 3.8) is 0 Å². The minimum atomic E-state index is -0.512. The second-order valence-corrected chi connectivity index (χ2v) is 10.5. The molecule has 5 rings (SSSR count). The van der Waals surface area contributed by atoms with Gasteiger partial charge in [-0.05, 0) is 33.1 Å². The number of hydrogen-bond acceptors (Lipinski definition) is 7. The van der Waals surface area contributed by atoms with E-state index in [1.165, 1.54) is 11.1 Å². The zero-order valence-corrected chi connectivity index (χ0v) is 21.3. The molecule has 0 saturated heterocycles. The van der Waals surface area contributed by atoms with Crippen molar-refractivity contribution in [2.75, 3.05) is 18.0 Å². The number of unbranched alkanes of at least 4 members (excludes halogenated alkanes) is 1. The van der Waals surface area contributed by atoms with Crippen LogP contribution in [0, 0.1) is 13.8 Å². The monoisotopic (exact) mass is 502 g/mol. The standard InChI is InChI=1S/C28H30N4O3S/c1-17-6-10-19(11-7-17)24-25(20-12-8-18(2)9-13-20)30-26-22(29-24)15-21(33)16-32(26)14-4-3-5-23-27(34)31-28(35)36-23/h6-13,21,33-34H,3-5,14-16H2,1-2H3,(H,31,35). The molecular formula is C28H30N4O3S. The van der Waals surface area contributed by atoms with Crippen molar-refractivity contribution in [2.45, 2.75) is 45.6 Å². The van der Waals surface area contributed by atoms with Gasteiger partial charge in [0.05, 0.1) is 28.1 Å². The van der Waals surface area contributed by atoms with Crippen LogP contribution in [0.5, 0.6) is 5.88 Å². The van der Waals surface area contributed by atoms with E-state index >= 15 is 0 Å². The molecule has 4 aromatic rings. The number of aromatic hydroxyl groups is 1. The van der Waals surface area contributed by atoms with E-state index in [2.05, 4.69) is 72.3 Å². The molecule has 1 aliphatic rings. The first-order valence-corrected chi connectivity index (χ1v) is 13.1. The minimum Gasteiger partial charge on any atom is -0.494 e. The topological polar surface area (TPSA) is 102 Å². The lowest BCUT2D eigenvalue weighted by Crippen LogP contribution is -2.40. The normalized spacial score (nSPS) is 15.2. The number of β-amino-alcohol motifs (C(OH)–C–C–N with tert-alkyl or cyclic N) is 1. The lowest BCUT2D eigenvalue weighted by atomic mass is 10.00. The molecule has 0 amide bonds. The van der Waals surface area contributed by atoms with Crippen LogP contribution in [-0.4, -0.2) is 44.4 Å². The van der Waals surface area contributed by atoms with Crippen molar-refractivity contribution >= 4 is 17.2 Å². The van der Waals surface area contributed by atoms with Crippen LogP contribution in [0.2, 0.25) is 0 Å². The predicted molar refractivity (Wildman–Crippen MR) is 144 cm³/mol. The summed E-state index contributed by atoms with van der Waals surface area (Å²) in [5.74, 6) is 0.793. The summed E-state index contributed by atoms with van der Waals surface area (Å²) in [6.45, 7) is 5.34. The first-order valence-electron chi connectivity index (χ1n) is 12.3. The van der Waals surface area contributed by atoms with Crippen LogP contribution < -0.4 is 9.77 Å². The van der Waals surface area contributed by atoms with Crippen LogP contribution in [0.3, 0.4) is 0 Å². The van der Waals surface area contributed by atoms with Gasteiger partial charge in [-0.25, -0.2) is 9.97 Å². The largest absolute Gasteiger partial charge is 0.494 e. The van der Waals surface area contributed by atoms with Crippen LogP contribution >= 0.6 is 11.3 Å². The number of aliphatic hydroxyl groups excluding tert-OH is 1.